The molecule has 0 atom stereocenters. The first-order valence-corrected chi connectivity index (χ1v) is 8.39. The highest BCUT2D eigenvalue weighted by molar-refractivity contribution is 6.30. The summed E-state index contributed by atoms with van der Waals surface area (Å²) in [6, 6.07) is 7.54. The van der Waals surface area contributed by atoms with Gasteiger partial charge in [0, 0.05) is 48.3 Å². The molecule has 1 saturated carbocycles. The number of halogens is 1. The largest absolute Gasteiger partial charge is 0.396 e. The summed E-state index contributed by atoms with van der Waals surface area (Å²) in [7, 11) is 0. The molecule has 0 aromatic heterocycles. The Kier molecular flexibility index (Phi) is 4.71. The minimum absolute atomic E-state index is 0.0872. The van der Waals surface area contributed by atoms with Crippen molar-refractivity contribution in [2.75, 3.05) is 26.2 Å². The second-order valence-electron chi connectivity index (χ2n) is 6.61. The van der Waals surface area contributed by atoms with E-state index in [1.807, 2.05) is 4.90 Å². The molecule has 0 spiro atoms. The summed E-state index contributed by atoms with van der Waals surface area (Å²) in [6.45, 7) is 2.75. The number of piperidine rings is 1. The van der Waals surface area contributed by atoms with Crippen molar-refractivity contribution in [1.82, 2.24) is 10.2 Å². The Morgan fingerprint density at radius 3 is 2.45 bits per heavy atom. The number of amides is 1. The summed E-state index contributed by atoms with van der Waals surface area (Å²) in [4.78, 5) is 14.3. The lowest BCUT2D eigenvalue weighted by Gasteiger charge is -2.33. The minimum Gasteiger partial charge on any atom is -0.396 e. The monoisotopic (exact) mass is 322 g/mol. The molecule has 2 N–H and O–H groups in total. The molecule has 0 bridgehead atoms. The maximum Gasteiger partial charge on any atom is 0.253 e. The topological polar surface area (TPSA) is 52.6 Å². The van der Waals surface area contributed by atoms with Crippen LogP contribution in [0.1, 0.15) is 36.0 Å². The molecule has 1 aromatic carbocycles. The van der Waals surface area contributed by atoms with E-state index >= 15 is 0 Å². The fourth-order valence-corrected chi connectivity index (χ4v) is 3.12. The minimum atomic E-state index is 0.0872. The molecule has 1 heterocycles. The Morgan fingerprint density at radius 1 is 1.27 bits per heavy atom. The predicted octanol–water partition coefficient (Wildman–Crippen LogP) is 2.31. The van der Waals surface area contributed by atoms with Crippen molar-refractivity contribution in [3.05, 3.63) is 34.9 Å². The summed E-state index contributed by atoms with van der Waals surface area (Å²) in [5.41, 5.74) is 0.851. The first-order valence-electron chi connectivity index (χ1n) is 8.01. The van der Waals surface area contributed by atoms with Crippen LogP contribution in [0.25, 0.3) is 0 Å². The van der Waals surface area contributed by atoms with E-state index in [1.165, 1.54) is 0 Å². The highest BCUT2D eigenvalue weighted by Crippen LogP contribution is 2.44. The molecular weight excluding hydrogens is 300 g/mol. The summed E-state index contributed by atoms with van der Waals surface area (Å²) in [5, 5.41) is 13.6. The lowest BCUT2D eigenvalue weighted by molar-refractivity contribution is 0.0702. The van der Waals surface area contributed by atoms with E-state index in [2.05, 4.69) is 5.32 Å². The van der Waals surface area contributed by atoms with Gasteiger partial charge in [-0.2, -0.15) is 0 Å². The molecule has 120 valence electrons. The quantitative estimate of drug-likeness (QED) is 0.874. The zero-order chi connectivity index (χ0) is 15.6. The summed E-state index contributed by atoms with van der Waals surface area (Å²) < 4.78 is 0. The molecule has 0 unspecified atom stereocenters. The van der Waals surface area contributed by atoms with Gasteiger partial charge in [-0.05, 0) is 49.9 Å². The molecule has 1 amide bonds. The number of benzene rings is 1. The zero-order valence-corrected chi connectivity index (χ0v) is 13.5. The molecule has 5 heteroatoms. The molecule has 4 nitrogen and oxygen atoms in total. The van der Waals surface area contributed by atoms with Gasteiger partial charge < -0.3 is 15.3 Å². The van der Waals surface area contributed by atoms with E-state index in [0.29, 0.717) is 16.6 Å². The Morgan fingerprint density at radius 2 is 1.91 bits per heavy atom. The maximum atomic E-state index is 12.4. The highest BCUT2D eigenvalue weighted by Gasteiger charge is 2.42. The van der Waals surface area contributed by atoms with Crippen molar-refractivity contribution in [3.63, 3.8) is 0 Å². The number of nitrogens with one attached hydrogen (secondary N) is 1. The van der Waals surface area contributed by atoms with Gasteiger partial charge in [-0.3, -0.25) is 4.79 Å². The molecule has 1 aliphatic carbocycles. The molecule has 2 fully saturated rings. The van der Waals surface area contributed by atoms with Crippen LogP contribution < -0.4 is 5.32 Å². The third-order valence-corrected chi connectivity index (χ3v) is 5.18. The molecule has 1 aliphatic heterocycles. The smallest absolute Gasteiger partial charge is 0.253 e. The van der Waals surface area contributed by atoms with Gasteiger partial charge in [0.1, 0.15) is 0 Å². The first-order chi connectivity index (χ1) is 10.6. The van der Waals surface area contributed by atoms with Crippen molar-refractivity contribution < 1.29 is 9.90 Å². The van der Waals surface area contributed by atoms with Gasteiger partial charge in [-0.25, -0.2) is 0 Å². The number of carbonyl (C=O) groups excluding carboxylic acids is 1. The third-order valence-electron chi connectivity index (χ3n) is 4.93. The van der Waals surface area contributed by atoms with Gasteiger partial charge in [0.15, 0.2) is 0 Å². The number of nitrogens with zero attached hydrogens (tertiary/aromatic N) is 1. The summed E-state index contributed by atoms with van der Waals surface area (Å²) >= 11 is 5.86. The predicted molar refractivity (Wildman–Crippen MR) is 87.1 cm³/mol. The number of aliphatic hydroxyl groups excluding tert-OH is 1. The second kappa shape index (κ2) is 6.57. The lowest BCUT2D eigenvalue weighted by atomic mass is 10.0. The van der Waals surface area contributed by atoms with E-state index in [0.717, 1.165) is 45.3 Å². The Labute approximate surface area is 136 Å². The first kappa shape index (κ1) is 15.8. The standard InChI is InChI=1S/C17H23ClN2O2/c18-14-3-1-13(2-4-14)16(22)20-9-5-15(6-10-20)19-11-17(12-21)7-8-17/h1-4,15,19,21H,5-12H2. The SMILES string of the molecule is O=C(c1ccc(Cl)cc1)N1CCC(NCC2(CO)CC2)CC1. The molecule has 2 aliphatic rings. The van der Waals surface area contributed by atoms with E-state index < -0.39 is 0 Å². The normalized spacial score (nSPS) is 20.9. The summed E-state index contributed by atoms with van der Waals surface area (Å²) in [6.07, 6.45) is 4.20. The van der Waals surface area contributed by atoms with Gasteiger partial charge in [0.05, 0.1) is 0 Å². The van der Waals surface area contributed by atoms with Crippen LogP contribution in [-0.2, 0) is 0 Å². The average Bonchev–Trinajstić information content (AvgIpc) is 3.34. The Balaban J connectivity index is 1.47. The fraction of sp³-hybridized carbons (Fsp3) is 0.588. The van der Waals surface area contributed by atoms with E-state index in [4.69, 9.17) is 11.6 Å². The summed E-state index contributed by atoms with van der Waals surface area (Å²) in [5.74, 6) is 0.0872. The molecule has 22 heavy (non-hydrogen) atoms. The van der Waals surface area contributed by atoms with Crippen molar-refractivity contribution in [3.8, 4) is 0 Å². The van der Waals surface area contributed by atoms with Gasteiger partial charge >= 0.3 is 0 Å². The van der Waals surface area contributed by atoms with Gasteiger partial charge in [0.25, 0.3) is 5.91 Å². The second-order valence-corrected chi connectivity index (χ2v) is 7.05. The van der Waals surface area contributed by atoms with Crippen LogP contribution in [0.2, 0.25) is 5.02 Å². The van der Waals surface area contributed by atoms with Crippen molar-refractivity contribution >= 4 is 17.5 Å². The number of likely N-dealkylation sites (tertiary alicyclic amines) is 1. The van der Waals surface area contributed by atoms with E-state index in [9.17, 15) is 9.90 Å². The van der Waals surface area contributed by atoms with Crippen LogP contribution in [0.3, 0.4) is 0 Å². The number of hydrogen-bond acceptors (Lipinski definition) is 3. The molecule has 0 radical (unpaired) electrons. The Bertz CT molecular complexity index is 520. The highest BCUT2D eigenvalue weighted by atomic mass is 35.5. The van der Waals surface area contributed by atoms with Crippen molar-refractivity contribution in [2.45, 2.75) is 31.7 Å². The van der Waals surface area contributed by atoms with Crippen LogP contribution >= 0.6 is 11.6 Å². The maximum absolute atomic E-state index is 12.4. The number of rotatable bonds is 5. The van der Waals surface area contributed by atoms with Crippen LogP contribution in [-0.4, -0.2) is 48.2 Å². The Hall–Kier alpha value is -1.10. The van der Waals surface area contributed by atoms with Crippen molar-refractivity contribution in [1.29, 1.82) is 0 Å². The zero-order valence-electron chi connectivity index (χ0n) is 12.7. The van der Waals surface area contributed by atoms with Crippen LogP contribution in [0.15, 0.2) is 24.3 Å². The number of aliphatic hydroxyl groups is 1. The third kappa shape index (κ3) is 3.62. The molecule has 1 aromatic rings. The average molecular weight is 323 g/mol. The van der Waals surface area contributed by atoms with Gasteiger partial charge in [0.2, 0.25) is 0 Å². The number of hydrogen-bond donors (Lipinski definition) is 2. The fourth-order valence-electron chi connectivity index (χ4n) is 2.99. The van der Waals surface area contributed by atoms with Crippen LogP contribution in [0, 0.1) is 5.41 Å². The van der Waals surface area contributed by atoms with Crippen LogP contribution in [0.5, 0.6) is 0 Å². The van der Waals surface area contributed by atoms with Gasteiger partial charge in [-0.1, -0.05) is 11.6 Å². The lowest BCUT2D eigenvalue weighted by Crippen LogP contribution is -2.46. The van der Waals surface area contributed by atoms with Crippen molar-refractivity contribution in [2.24, 2.45) is 5.41 Å². The number of carbonyl (C=O) groups is 1. The van der Waals surface area contributed by atoms with Crippen LogP contribution in [0.4, 0.5) is 0 Å². The molecular formula is C17H23ClN2O2. The molecule has 3 rings (SSSR count). The van der Waals surface area contributed by atoms with Gasteiger partial charge in [-0.15, -0.1) is 0 Å². The van der Waals surface area contributed by atoms with E-state index in [-0.39, 0.29) is 17.9 Å². The molecule has 1 saturated heterocycles. The van der Waals surface area contributed by atoms with E-state index in [1.54, 1.807) is 24.3 Å².